The normalized spacial score (nSPS) is 14.0. The molecule has 2 unspecified atom stereocenters. The summed E-state index contributed by atoms with van der Waals surface area (Å²) in [6, 6.07) is 0. The molecule has 594 valence electrons. The van der Waals surface area contributed by atoms with Crippen LogP contribution in [0.5, 0.6) is 0 Å². The molecule has 0 rings (SSSR count). The number of rotatable bonds is 79. The first-order valence-corrected chi connectivity index (χ1v) is 44.8. The summed E-state index contributed by atoms with van der Waals surface area (Å²) in [5, 5.41) is 10.6. The summed E-state index contributed by atoms with van der Waals surface area (Å²) in [5.74, 6) is 0.143. The van der Waals surface area contributed by atoms with Crippen molar-refractivity contribution in [2.45, 2.75) is 439 Å². The summed E-state index contributed by atoms with van der Waals surface area (Å²) in [6.45, 7) is 11.9. The minimum atomic E-state index is -4.96. The summed E-state index contributed by atoms with van der Waals surface area (Å²) in [6.07, 6.45) is 59.8. The molecule has 0 fully saturated rings. The first-order valence-electron chi connectivity index (χ1n) is 41.8. The summed E-state index contributed by atoms with van der Waals surface area (Å²) in [5.41, 5.74) is 0. The molecule has 3 N–H and O–H groups in total. The zero-order chi connectivity index (χ0) is 73.7. The van der Waals surface area contributed by atoms with E-state index >= 15 is 0 Å². The van der Waals surface area contributed by atoms with E-state index in [1.807, 2.05) is 0 Å². The van der Waals surface area contributed by atoms with Gasteiger partial charge < -0.3 is 33.8 Å². The second-order valence-electron chi connectivity index (χ2n) is 30.6. The first kappa shape index (κ1) is 98.1. The molecule has 0 aromatic rings. The molecule has 17 nitrogen and oxygen atoms in total. The van der Waals surface area contributed by atoms with Crippen LogP contribution in [0, 0.1) is 17.8 Å². The molecule has 0 bridgehead atoms. The number of phosphoric ester groups is 2. The lowest BCUT2D eigenvalue weighted by Gasteiger charge is -2.21. The Hall–Kier alpha value is -1.94. The van der Waals surface area contributed by atoms with E-state index in [1.165, 1.54) is 225 Å². The van der Waals surface area contributed by atoms with Crippen molar-refractivity contribution in [2.75, 3.05) is 39.6 Å². The van der Waals surface area contributed by atoms with E-state index in [2.05, 4.69) is 48.5 Å². The number of carbonyl (C=O) groups is 4. The van der Waals surface area contributed by atoms with Gasteiger partial charge in [0, 0.05) is 25.7 Å². The highest BCUT2D eigenvalue weighted by atomic mass is 31.2. The molecule has 0 saturated carbocycles. The average Bonchev–Trinajstić information content (AvgIpc) is 0.948. The molecular formula is C81H158O17P2. The van der Waals surface area contributed by atoms with E-state index in [0.29, 0.717) is 31.6 Å². The topological polar surface area (TPSA) is 237 Å². The molecule has 0 aliphatic carbocycles. The van der Waals surface area contributed by atoms with Gasteiger partial charge in [-0.05, 0) is 43.4 Å². The molecule has 0 saturated heterocycles. The monoisotopic (exact) mass is 1470 g/mol. The fourth-order valence-corrected chi connectivity index (χ4v) is 14.1. The molecule has 0 aliphatic heterocycles. The molecule has 0 heterocycles. The van der Waals surface area contributed by atoms with Crippen LogP contribution in [0.1, 0.15) is 421 Å². The third kappa shape index (κ3) is 74.3. The van der Waals surface area contributed by atoms with E-state index in [1.54, 1.807) is 0 Å². The quantitative estimate of drug-likeness (QED) is 0.0222. The van der Waals surface area contributed by atoms with Crippen molar-refractivity contribution >= 4 is 39.5 Å². The van der Waals surface area contributed by atoms with Crippen molar-refractivity contribution in [3.05, 3.63) is 0 Å². The lowest BCUT2D eigenvalue weighted by molar-refractivity contribution is -0.161. The van der Waals surface area contributed by atoms with Gasteiger partial charge >= 0.3 is 39.5 Å². The molecular weight excluding hydrogens is 1310 g/mol. The van der Waals surface area contributed by atoms with Gasteiger partial charge in [-0.25, -0.2) is 9.13 Å². The smallest absolute Gasteiger partial charge is 0.462 e. The van der Waals surface area contributed by atoms with Gasteiger partial charge in [0.1, 0.15) is 19.3 Å². The minimum absolute atomic E-state index is 0.105. The molecule has 0 aliphatic rings. The predicted octanol–water partition coefficient (Wildman–Crippen LogP) is 24.1. The third-order valence-corrected chi connectivity index (χ3v) is 20.8. The summed E-state index contributed by atoms with van der Waals surface area (Å²) in [7, 11) is -9.92. The molecule has 19 heteroatoms. The number of hydrogen-bond acceptors (Lipinski definition) is 15. The zero-order valence-electron chi connectivity index (χ0n) is 65.7. The lowest BCUT2D eigenvalue weighted by atomic mass is 10.0. The minimum Gasteiger partial charge on any atom is -0.462 e. The number of hydrogen-bond donors (Lipinski definition) is 3. The van der Waals surface area contributed by atoms with Crippen molar-refractivity contribution in [3.63, 3.8) is 0 Å². The first-order chi connectivity index (χ1) is 48.2. The van der Waals surface area contributed by atoms with Gasteiger partial charge in [0.15, 0.2) is 12.2 Å². The van der Waals surface area contributed by atoms with E-state index in [4.69, 9.17) is 37.0 Å². The Morgan fingerprint density at radius 3 is 0.680 bits per heavy atom. The molecule has 100 heavy (non-hydrogen) atoms. The van der Waals surface area contributed by atoms with E-state index < -0.39 is 97.5 Å². The Labute approximate surface area is 613 Å². The van der Waals surface area contributed by atoms with Crippen LogP contribution in [-0.4, -0.2) is 96.7 Å². The van der Waals surface area contributed by atoms with E-state index in [0.717, 1.165) is 108 Å². The van der Waals surface area contributed by atoms with Gasteiger partial charge in [0.25, 0.3) is 0 Å². The van der Waals surface area contributed by atoms with Gasteiger partial charge in [-0.3, -0.25) is 37.3 Å². The van der Waals surface area contributed by atoms with Crippen LogP contribution in [0.4, 0.5) is 0 Å². The van der Waals surface area contributed by atoms with Gasteiger partial charge in [0.05, 0.1) is 26.4 Å². The highest BCUT2D eigenvalue weighted by Gasteiger charge is 2.30. The van der Waals surface area contributed by atoms with Crippen LogP contribution in [-0.2, 0) is 65.4 Å². The highest BCUT2D eigenvalue weighted by Crippen LogP contribution is 2.45. The number of aliphatic hydroxyl groups excluding tert-OH is 1. The van der Waals surface area contributed by atoms with Gasteiger partial charge in [-0.15, -0.1) is 0 Å². The highest BCUT2D eigenvalue weighted by molar-refractivity contribution is 7.47. The summed E-state index contributed by atoms with van der Waals surface area (Å²) >= 11 is 0. The van der Waals surface area contributed by atoms with Crippen molar-refractivity contribution in [1.82, 2.24) is 0 Å². The molecule has 0 amide bonds. The Kier molecular flexibility index (Phi) is 69.9. The molecule has 5 atom stereocenters. The fraction of sp³-hybridized carbons (Fsp3) is 0.951. The van der Waals surface area contributed by atoms with Crippen molar-refractivity contribution in [1.29, 1.82) is 0 Å². The largest absolute Gasteiger partial charge is 0.472 e. The fourth-order valence-electron chi connectivity index (χ4n) is 12.5. The number of unbranched alkanes of at least 4 members (excludes halogenated alkanes) is 47. The van der Waals surface area contributed by atoms with E-state index in [-0.39, 0.29) is 25.7 Å². The van der Waals surface area contributed by atoms with Crippen LogP contribution in [0.15, 0.2) is 0 Å². The maximum atomic E-state index is 13.1. The second kappa shape index (κ2) is 71.3. The SMILES string of the molecule is CCCCCCCCCCCCCCCCCCCCCCC(=O)O[C@H](COC(=O)CCCCCCCCCCCCCCCCC(C)C)COP(=O)(O)OC[C@@H](O)COP(=O)(O)OC[C@@H](COC(=O)CCCCCCCCCC(C)C)OC(=O)CCCCCCCCCCCCC(C)C. The van der Waals surface area contributed by atoms with Crippen molar-refractivity contribution in [3.8, 4) is 0 Å². The maximum absolute atomic E-state index is 13.1. The Morgan fingerprint density at radius 2 is 0.460 bits per heavy atom. The van der Waals surface area contributed by atoms with Crippen LogP contribution < -0.4 is 0 Å². The molecule has 0 radical (unpaired) electrons. The zero-order valence-corrected chi connectivity index (χ0v) is 67.5. The number of ether oxygens (including phenoxy) is 4. The van der Waals surface area contributed by atoms with Gasteiger partial charge in [0.2, 0.25) is 0 Å². The standard InChI is InChI=1S/C81H158O17P2/c1-8-9-10-11-12-13-14-15-16-17-18-19-20-21-26-29-35-42-50-57-64-80(85)97-76(68-91-78(83)62-55-48-41-34-28-25-23-22-24-27-32-38-45-52-59-72(2)3)70-95-99(87,88)93-66-75(82)67-94-100(89,90)96-71-77(69-92-79(84)63-56-49-44-37-40-47-54-61-74(6)7)98-81(86)65-58-51-43-36-31-30-33-39-46-53-60-73(4)5/h72-77,82H,8-71H2,1-7H3,(H,87,88)(H,89,90)/t75-,76-,77-/m1/s1. The van der Waals surface area contributed by atoms with Crippen LogP contribution in [0.2, 0.25) is 0 Å². The molecule has 0 aromatic carbocycles. The van der Waals surface area contributed by atoms with Crippen molar-refractivity contribution < 1.29 is 80.2 Å². The van der Waals surface area contributed by atoms with Gasteiger partial charge in [-0.1, -0.05) is 370 Å². The third-order valence-electron chi connectivity index (χ3n) is 18.9. The molecule has 0 aromatic heterocycles. The summed E-state index contributed by atoms with van der Waals surface area (Å²) in [4.78, 5) is 73.0. The lowest BCUT2D eigenvalue weighted by Crippen LogP contribution is -2.30. The predicted molar refractivity (Wildman–Crippen MR) is 409 cm³/mol. The number of phosphoric acid groups is 2. The number of esters is 4. The summed E-state index contributed by atoms with van der Waals surface area (Å²) < 4.78 is 68.7. The molecule has 0 spiro atoms. The number of carbonyl (C=O) groups excluding carboxylic acids is 4. The Bertz CT molecular complexity index is 1940. The van der Waals surface area contributed by atoms with Gasteiger partial charge in [-0.2, -0.15) is 0 Å². The van der Waals surface area contributed by atoms with E-state index in [9.17, 15) is 43.2 Å². The maximum Gasteiger partial charge on any atom is 0.472 e. The Morgan fingerprint density at radius 1 is 0.270 bits per heavy atom. The van der Waals surface area contributed by atoms with Crippen LogP contribution >= 0.6 is 15.6 Å². The van der Waals surface area contributed by atoms with Crippen LogP contribution in [0.3, 0.4) is 0 Å². The van der Waals surface area contributed by atoms with Crippen molar-refractivity contribution in [2.24, 2.45) is 17.8 Å². The Balaban J connectivity index is 5.23. The number of aliphatic hydroxyl groups is 1. The van der Waals surface area contributed by atoms with Crippen LogP contribution in [0.25, 0.3) is 0 Å². The second-order valence-corrected chi connectivity index (χ2v) is 33.5. The average molecular weight is 1470 g/mol.